The Hall–Kier alpha value is -1.84. The van der Waals surface area contributed by atoms with Gasteiger partial charge in [-0.25, -0.2) is 0 Å². The molecule has 0 aliphatic carbocycles. The molecule has 0 atom stereocenters. The summed E-state index contributed by atoms with van der Waals surface area (Å²) in [7, 11) is 1.77. The summed E-state index contributed by atoms with van der Waals surface area (Å²) in [6.45, 7) is 4.91. The summed E-state index contributed by atoms with van der Waals surface area (Å²) < 4.78 is 7.88. The van der Waals surface area contributed by atoms with Gasteiger partial charge in [-0.05, 0) is 25.8 Å². The van der Waals surface area contributed by atoms with Crippen molar-refractivity contribution in [2.45, 2.75) is 45.8 Å². The van der Waals surface area contributed by atoms with Crippen LogP contribution in [0.1, 0.15) is 37.0 Å². The molecular weight excluding hydrogens is 443 g/mol. The maximum absolute atomic E-state index is 5.66. The number of nitrogens with zero attached hydrogens (tertiary/aromatic N) is 4. The SMILES string of the molecule is CCOc1ccccc1CNC(=NC)NCc1nnc2n1CCCC2.I. The summed E-state index contributed by atoms with van der Waals surface area (Å²) >= 11 is 0. The molecular formula is C18H27IN6O. The van der Waals surface area contributed by atoms with Gasteiger partial charge in [0.15, 0.2) is 11.8 Å². The topological polar surface area (TPSA) is 76.4 Å². The second-order valence-electron chi connectivity index (χ2n) is 5.96. The van der Waals surface area contributed by atoms with E-state index >= 15 is 0 Å². The van der Waals surface area contributed by atoms with Gasteiger partial charge in [-0.1, -0.05) is 18.2 Å². The third-order valence-corrected chi connectivity index (χ3v) is 4.29. The molecule has 0 radical (unpaired) electrons. The second-order valence-corrected chi connectivity index (χ2v) is 5.96. The lowest BCUT2D eigenvalue weighted by atomic mass is 10.2. The molecule has 1 aromatic carbocycles. The fourth-order valence-corrected chi connectivity index (χ4v) is 3.01. The van der Waals surface area contributed by atoms with Gasteiger partial charge in [-0.15, -0.1) is 34.2 Å². The predicted molar refractivity (Wildman–Crippen MR) is 113 cm³/mol. The number of hydrogen-bond acceptors (Lipinski definition) is 4. The molecule has 0 unspecified atom stereocenters. The van der Waals surface area contributed by atoms with Crippen molar-refractivity contribution in [2.24, 2.45) is 4.99 Å². The van der Waals surface area contributed by atoms with Crippen LogP contribution in [-0.4, -0.2) is 34.4 Å². The molecule has 0 amide bonds. The summed E-state index contributed by atoms with van der Waals surface area (Å²) in [5.41, 5.74) is 1.10. The molecule has 3 rings (SSSR count). The van der Waals surface area contributed by atoms with E-state index in [1.807, 2.05) is 25.1 Å². The molecule has 0 fully saturated rings. The van der Waals surface area contributed by atoms with Crippen LogP contribution in [-0.2, 0) is 26.1 Å². The van der Waals surface area contributed by atoms with Gasteiger partial charge in [-0.3, -0.25) is 4.99 Å². The first-order valence-corrected chi connectivity index (χ1v) is 8.88. The smallest absolute Gasteiger partial charge is 0.191 e. The molecule has 8 heteroatoms. The van der Waals surface area contributed by atoms with Crippen molar-refractivity contribution in [3.05, 3.63) is 41.5 Å². The Morgan fingerprint density at radius 1 is 1.19 bits per heavy atom. The Morgan fingerprint density at radius 3 is 2.81 bits per heavy atom. The molecule has 0 spiro atoms. The van der Waals surface area contributed by atoms with Gasteiger partial charge in [0.1, 0.15) is 11.6 Å². The fraction of sp³-hybridized carbons (Fsp3) is 0.500. The zero-order chi connectivity index (χ0) is 17.5. The maximum atomic E-state index is 5.66. The van der Waals surface area contributed by atoms with E-state index in [2.05, 4.69) is 36.5 Å². The van der Waals surface area contributed by atoms with Gasteiger partial charge in [0.25, 0.3) is 0 Å². The number of aromatic nitrogens is 3. The van der Waals surface area contributed by atoms with Gasteiger partial charge in [0.05, 0.1) is 13.2 Å². The molecule has 0 saturated carbocycles. The first kappa shape index (κ1) is 20.5. The summed E-state index contributed by atoms with van der Waals surface area (Å²) in [6, 6.07) is 8.04. The second kappa shape index (κ2) is 10.3. The zero-order valence-corrected chi connectivity index (χ0v) is 17.7. The zero-order valence-electron chi connectivity index (χ0n) is 15.4. The molecule has 0 saturated heterocycles. The van der Waals surface area contributed by atoms with Crippen molar-refractivity contribution in [2.75, 3.05) is 13.7 Å². The maximum Gasteiger partial charge on any atom is 0.191 e. The molecule has 1 aromatic heterocycles. The normalized spacial score (nSPS) is 13.5. The van der Waals surface area contributed by atoms with E-state index < -0.39 is 0 Å². The fourth-order valence-electron chi connectivity index (χ4n) is 3.01. The van der Waals surface area contributed by atoms with Gasteiger partial charge in [0, 0.05) is 32.1 Å². The minimum Gasteiger partial charge on any atom is -0.494 e. The van der Waals surface area contributed by atoms with Crippen LogP contribution >= 0.6 is 24.0 Å². The minimum atomic E-state index is 0. The van der Waals surface area contributed by atoms with Crippen LogP contribution in [0.3, 0.4) is 0 Å². The van der Waals surface area contributed by atoms with Crippen LogP contribution in [0.5, 0.6) is 5.75 Å². The van der Waals surface area contributed by atoms with Crippen LogP contribution in [0.15, 0.2) is 29.3 Å². The Bertz CT molecular complexity index is 730. The van der Waals surface area contributed by atoms with Crippen molar-refractivity contribution in [3.63, 3.8) is 0 Å². The molecule has 2 N–H and O–H groups in total. The van der Waals surface area contributed by atoms with E-state index in [4.69, 9.17) is 4.74 Å². The molecule has 142 valence electrons. The quantitative estimate of drug-likeness (QED) is 0.386. The summed E-state index contributed by atoms with van der Waals surface area (Å²) in [6.07, 6.45) is 3.42. The Balaban J connectivity index is 0.00000243. The lowest BCUT2D eigenvalue weighted by Crippen LogP contribution is -2.37. The molecule has 0 bridgehead atoms. The number of ether oxygens (including phenoxy) is 1. The van der Waals surface area contributed by atoms with Gasteiger partial charge in [-0.2, -0.15) is 0 Å². The third-order valence-electron chi connectivity index (χ3n) is 4.29. The number of aliphatic imine (C=N–C) groups is 1. The molecule has 2 aromatic rings. The summed E-state index contributed by atoms with van der Waals surface area (Å²) in [4.78, 5) is 4.29. The van der Waals surface area contributed by atoms with E-state index in [0.717, 1.165) is 41.9 Å². The van der Waals surface area contributed by atoms with Crippen molar-refractivity contribution >= 4 is 29.9 Å². The van der Waals surface area contributed by atoms with Gasteiger partial charge < -0.3 is 19.9 Å². The van der Waals surface area contributed by atoms with E-state index in [9.17, 15) is 0 Å². The number of nitrogens with one attached hydrogen (secondary N) is 2. The van der Waals surface area contributed by atoms with Crippen LogP contribution < -0.4 is 15.4 Å². The number of rotatable bonds is 6. The first-order valence-electron chi connectivity index (χ1n) is 8.88. The van der Waals surface area contributed by atoms with E-state index in [0.29, 0.717) is 19.7 Å². The average Bonchev–Trinajstić information content (AvgIpc) is 3.06. The Kier molecular flexibility index (Phi) is 8.14. The molecule has 7 nitrogen and oxygen atoms in total. The Morgan fingerprint density at radius 2 is 2.00 bits per heavy atom. The van der Waals surface area contributed by atoms with Crippen molar-refractivity contribution in [3.8, 4) is 5.75 Å². The molecule has 26 heavy (non-hydrogen) atoms. The van der Waals surface area contributed by atoms with Crippen molar-refractivity contribution in [1.82, 2.24) is 25.4 Å². The highest BCUT2D eigenvalue weighted by Gasteiger charge is 2.15. The molecule has 2 heterocycles. The van der Waals surface area contributed by atoms with Crippen LogP contribution in [0.25, 0.3) is 0 Å². The highest BCUT2D eigenvalue weighted by Crippen LogP contribution is 2.17. The van der Waals surface area contributed by atoms with Crippen molar-refractivity contribution < 1.29 is 4.74 Å². The molecule has 1 aliphatic rings. The van der Waals surface area contributed by atoms with Crippen LogP contribution in [0.2, 0.25) is 0 Å². The number of benzene rings is 1. The number of para-hydroxylation sites is 1. The number of hydrogen-bond donors (Lipinski definition) is 2. The number of halogens is 1. The van der Waals surface area contributed by atoms with Crippen molar-refractivity contribution in [1.29, 1.82) is 0 Å². The summed E-state index contributed by atoms with van der Waals surface area (Å²) in [5.74, 6) is 3.70. The standard InChI is InChI=1S/C18H26N6O.HI/c1-3-25-15-9-5-4-8-14(15)12-20-18(19-2)21-13-17-23-22-16-10-6-7-11-24(16)17;/h4-5,8-9H,3,6-7,10-13H2,1-2H3,(H2,19,20,21);1H. The van der Waals surface area contributed by atoms with E-state index in [1.165, 1.54) is 12.8 Å². The average molecular weight is 470 g/mol. The minimum absolute atomic E-state index is 0. The summed E-state index contributed by atoms with van der Waals surface area (Å²) in [5, 5.41) is 15.2. The lowest BCUT2D eigenvalue weighted by Gasteiger charge is -2.16. The van der Waals surface area contributed by atoms with Crippen LogP contribution in [0, 0.1) is 0 Å². The van der Waals surface area contributed by atoms with Crippen LogP contribution in [0.4, 0.5) is 0 Å². The van der Waals surface area contributed by atoms with Gasteiger partial charge >= 0.3 is 0 Å². The Labute approximate surface area is 171 Å². The van der Waals surface area contributed by atoms with Gasteiger partial charge in [0.2, 0.25) is 0 Å². The highest BCUT2D eigenvalue weighted by atomic mass is 127. The monoisotopic (exact) mass is 470 g/mol. The number of aryl methyl sites for hydroxylation is 1. The first-order chi connectivity index (χ1) is 12.3. The van der Waals surface area contributed by atoms with E-state index in [-0.39, 0.29) is 24.0 Å². The van der Waals surface area contributed by atoms with E-state index in [1.54, 1.807) is 7.05 Å². The number of fused-ring (bicyclic) bond motifs is 1. The lowest BCUT2D eigenvalue weighted by molar-refractivity contribution is 0.336. The highest BCUT2D eigenvalue weighted by molar-refractivity contribution is 14.0. The largest absolute Gasteiger partial charge is 0.494 e. The number of guanidine groups is 1. The predicted octanol–water partition coefficient (Wildman–Crippen LogP) is 2.50. The molecule has 1 aliphatic heterocycles. The third kappa shape index (κ3) is 5.09.